The standard InChI is InChI=1S/C17H23F2NOS.C8H7F3.C2H4.CH2O/c1-10(2)17-8-12-7-11(3-6-16(12)20-22(17)21)14-9-13(18)4-5-15(14)19;1-6-2-4-7(5-3-6)8(9,10)11;2*1-2/h4-5,9-12,16-17,20H,3,6-8H2,1-2H3;2-5H,1H3;1-2H2;1H2. The van der Waals surface area contributed by atoms with Crippen molar-refractivity contribution >= 4 is 17.8 Å². The minimum Gasteiger partial charge on any atom is -0.307 e. The summed E-state index contributed by atoms with van der Waals surface area (Å²) in [7, 11) is -0.974. The third-order valence-electron chi connectivity index (χ3n) is 6.58. The molecule has 2 aromatic carbocycles. The molecule has 206 valence electrons. The summed E-state index contributed by atoms with van der Waals surface area (Å²) in [6, 6.07) is 9.04. The van der Waals surface area contributed by atoms with Crippen LogP contribution in [0.4, 0.5) is 22.0 Å². The van der Waals surface area contributed by atoms with Crippen LogP contribution in [0.5, 0.6) is 0 Å². The van der Waals surface area contributed by atoms with Gasteiger partial charge in [-0.2, -0.15) is 13.2 Å². The van der Waals surface area contributed by atoms with Crippen molar-refractivity contribution in [3.63, 3.8) is 0 Å². The molecule has 4 rings (SSSR count). The van der Waals surface area contributed by atoms with E-state index in [2.05, 4.69) is 31.7 Å². The normalized spacial score (nSPS) is 24.7. The summed E-state index contributed by atoms with van der Waals surface area (Å²) < 4.78 is 78.7. The van der Waals surface area contributed by atoms with Gasteiger partial charge < -0.3 is 4.79 Å². The summed E-state index contributed by atoms with van der Waals surface area (Å²) in [5, 5.41) is 0.150. The van der Waals surface area contributed by atoms with E-state index in [1.807, 2.05) is 6.79 Å². The number of halogens is 5. The first-order chi connectivity index (χ1) is 17.5. The van der Waals surface area contributed by atoms with Crippen molar-refractivity contribution in [2.75, 3.05) is 0 Å². The SMILES string of the molecule is C=C.C=O.CC(C)C1CC2CC(c3cc(F)ccc3F)CCC2NS1=O.Cc1ccc(C(F)(F)F)cc1. The molecule has 0 radical (unpaired) electrons. The zero-order chi connectivity index (χ0) is 28.3. The van der Waals surface area contributed by atoms with E-state index in [1.165, 1.54) is 30.3 Å². The number of benzene rings is 2. The predicted molar refractivity (Wildman–Crippen MR) is 139 cm³/mol. The van der Waals surface area contributed by atoms with E-state index >= 15 is 0 Å². The maximum Gasteiger partial charge on any atom is 0.416 e. The number of rotatable bonds is 2. The van der Waals surface area contributed by atoms with Crippen LogP contribution in [0, 0.1) is 30.4 Å². The molecule has 9 heteroatoms. The van der Waals surface area contributed by atoms with E-state index in [0.717, 1.165) is 43.4 Å². The van der Waals surface area contributed by atoms with Gasteiger partial charge in [0, 0.05) is 6.04 Å². The van der Waals surface area contributed by atoms with Gasteiger partial charge in [-0.25, -0.2) is 17.7 Å². The van der Waals surface area contributed by atoms with Gasteiger partial charge in [-0.3, -0.25) is 0 Å². The molecule has 0 bridgehead atoms. The lowest BCUT2D eigenvalue weighted by Gasteiger charge is -2.43. The molecule has 1 saturated carbocycles. The van der Waals surface area contributed by atoms with Crippen LogP contribution < -0.4 is 4.72 Å². The van der Waals surface area contributed by atoms with Crippen LogP contribution in [0.3, 0.4) is 0 Å². The molecule has 2 aliphatic rings. The average Bonchev–Trinajstić information content (AvgIpc) is 2.87. The van der Waals surface area contributed by atoms with Gasteiger partial charge in [0.15, 0.2) is 0 Å². The second kappa shape index (κ2) is 15.1. The fourth-order valence-corrected chi connectivity index (χ4v) is 6.37. The van der Waals surface area contributed by atoms with E-state index in [1.54, 1.807) is 6.92 Å². The first-order valence-electron chi connectivity index (χ1n) is 12.0. The number of hydrogen-bond donors (Lipinski definition) is 1. The number of nitrogens with one attached hydrogen (secondary N) is 1. The number of fused-ring (bicyclic) bond motifs is 1. The Morgan fingerprint density at radius 1 is 0.973 bits per heavy atom. The van der Waals surface area contributed by atoms with Crippen LogP contribution in [0.2, 0.25) is 0 Å². The van der Waals surface area contributed by atoms with Crippen LogP contribution >= 0.6 is 0 Å². The summed E-state index contributed by atoms with van der Waals surface area (Å²) in [5.74, 6) is 0.143. The number of alkyl halides is 3. The molecular formula is C28H36F5NO2S. The Morgan fingerprint density at radius 3 is 2.11 bits per heavy atom. The van der Waals surface area contributed by atoms with Crippen molar-refractivity contribution in [2.24, 2.45) is 11.8 Å². The number of aryl methyl sites for hydroxylation is 1. The molecule has 0 aromatic heterocycles. The molecule has 37 heavy (non-hydrogen) atoms. The zero-order valence-electron chi connectivity index (χ0n) is 21.5. The summed E-state index contributed by atoms with van der Waals surface area (Å²) in [5.41, 5.74) is 0.743. The summed E-state index contributed by atoms with van der Waals surface area (Å²) in [6.45, 7) is 13.9. The largest absolute Gasteiger partial charge is 0.416 e. The van der Waals surface area contributed by atoms with Gasteiger partial charge in [-0.15, -0.1) is 13.2 Å². The first-order valence-corrected chi connectivity index (χ1v) is 13.2. The summed E-state index contributed by atoms with van der Waals surface area (Å²) in [6.07, 6.45) is -0.762. The minimum atomic E-state index is -4.21. The third-order valence-corrected chi connectivity index (χ3v) is 8.40. The Morgan fingerprint density at radius 2 is 1.57 bits per heavy atom. The molecule has 2 fully saturated rings. The quantitative estimate of drug-likeness (QED) is 0.313. The maximum atomic E-state index is 14.0. The lowest BCUT2D eigenvalue weighted by atomic mass is 9.73. The molecule has 1 heterocycles. The van der Waals surface area contributed by atoms with Gasteiger partial charge in [-0.1, -0.05) is 31.5 Å². The molecule has 0 amide bonds. The van der Waals surface area contributed by atoms with Crippen LogP contribution in [0.15, 0.2) is 55.6 Å². The summed E-state index contributed by atoms with van der Waals surface area (Å²) >= 11 is 0. The maximum absolute atomic E-state index is 14.0. The molecule has 1 aliphatic carbocycles. The Balaban J connectivity index is 0.000000385. The molecule has 5 unspecified atom stereocenters. The van der Waals surface area contributed by atoms with Crippen LogP contribution in [0.25, 0.3) is 0 Å². The molecule has 1 saturated heterocycles. The van der Waals surface area contributed by atoms with Gasteiger partial charge in [-0.05, 0) is 86.3 Å². The average molecular weight is 546 g/mol. The van der Waals surface area contributed by atoms with Crippen molar-refractivity contribution < 1.29 is 31.0 Å². The fraction of sp³-hybridized carbons (Fsp3) is 0.464. The van der Waals surface area contributed by atoms with Crippen molar-refractivity contribution in [2.45, 2.75) is 69.8 Å². The minimum absolute atomic E-state index is 0.0677. The lowest BCUT2D eigenvalue weighted by Crippen LogP contribution is -2.51. The topological polar surface area (TPSA) is 46.2 Å². The van der Waals surface area contributed by atoms with Crippen molar-refractivity contribution in [3.05, 3.63) is 83.9 Å². The van der Waals surface area contributed by atoms with E-state index in [0.29, 0.717) is 17.4 Å². The lowest BCUT2D eigenvalue weighted by molar-refractivity contribution is -0.137. The number of hydrogen-bond acceptors (Lipinski definition) is 2. The second-order valence-corrected chi connectivity index (χ2v) is 10.8. The third kappa shape index (κ3) is 9.45. The Labute approximate surface area is 219 Å². The highest BCUT2D eigenvalue weighted by molar-refractivity contribution is 7.83. The van der Waals surface area contributed by atoms with Gasteiger partial charge >= 0.3 is 6.18 Å². The number of carbonyl (C=O) groups is 1. The molecule has 5 atom stereocenters. The molecular weight excluding hydrogens is 509 g/mol. The van der Waals surface area contributed by atoms with Gasteiger partial charge in [0.05, 0.1) is 21.8 Å². The predicted octanol–water partition coefficient (Wildman–Crippen LogP) is 7.53. The molecule has 1 aliphatic heterocycles. The molecule has 2 aromatic rings. The first kappa shape index (κ1) is 32.6. The highest BCUT2D eigenvalue weighted by Crippen LogP contribution is 2.42. The zero-order valence-corrected chi connectivity index (χ0v) is 22.3. The Bertz CT molecular complexity index is 995. The Hall–Kier alpha value is -2.39. The van der Waals surface area contributed by atoms with E-state index in [9.17, 15) is 26.2 Å². The van der Waals surface area contributed by atoms with Gasteiger partial charge in [0.1, 0.15) is 18.4 Å². The van der Waals surface area contributed by atoms with Crippen LogP contribution in [0.1, 0.15) is 62.1 Å². The molecule has 3 nitrogen and oxygen atoms in total. The van der Waals surface area contributed by atoms with Crippen LogP contribution in [-0.4, -0.2) is 22.3 Å². The highest BCUT2D eigenvalue weighted by atomic mass is 32.2. The van der Waals surface area contributed by atoms with E-state index in [4.69, 9.17) is 4.79 Å². The van der Waals surface area contributed by atoms with Crippen molar-refractivity contribution in [1.82, 2.24) is 4.72 Å². The van der Waals surface area contributed by atoms with Gasteiger partial charge in [0.25, 0.3) is 0 Å². The van der Waals surface area contributed by atoms with E-state index in [-0.39, 0.29) is 28.8 Å². The van der Waals surface area contributed by atoms with Crippen molar-refractivity contribution in [3.8, 4) is 0 Å². The Kier molecular flexibility index (Phi) is 13.3. The van der Waals surface area contributed by atoms with E-state index < -0.39 is 22.7 Å². The second-order valence-electron chi connectivity index (χ2n) is 9.34. The fourth-order valence-electron chi connectivity index (χ4n) is 4.67. The summed E-state index contributed by atoms with van der Waals surface area (Å²) in [4.78, 5) is 8.00. The monoisotopic (exact) mass is 545 g/mol. The number of carbonyl (C=O) groups excluding carboxylic acids is 1. The van der Waals surface area contributed by atoms with Gasteiger partial charge in [0.2, 0.25) is 0 Å². The van der Waals surface area contributed by atoms with Crippen LogP contribution in [-0.2, 0) is 22.0 Å². The smallest absolute Gasteiger partial charge is 0.307 e. The molecule has 0 spiro atoms. The molecule has 1 N–H and O–H groups in total. The van der Waals surface area contributed by atoms with Crippen molar-refractivity contribution in [1.29, 1.82) is 0 Å². The highest BCUT2D eigenvalue weighted by Gasteiger charge is 2.40.